The van der Waals surface area contributed by atoms with Crippen LogP contribution in [-0.4, -0.2) is 48.1 Å². The Labute approximate surface area is 139 Å². The van der Waals surface area contributed by atoms with Crippen LogP contribution in [0.5, 0.6) is 0 Å². The van der Waals surface area contributed by atoms with E-state index in [1.165, 1.54) is 0 Å². The molecule has 0 aliphatic carbocycles. The summed E-state index contributed by atoms with van der Waals surface area (Å²) >= 11 is 0. The van der Waals surface area contributed by atoms with Crippen LogP contribution in [0.25, 0.3) is 0 Å². The average Bonchev–Trinajstić information content (AvgIpc) is 3.06. The molecular formula is C19H28N2O2. The van der Waals surface area contributed by atoms with E-state index < -0.39 is 0 Å². The maximum atomic E-state index is 12.3. The molecule has 1 aliphatic heterocycles. The third-order valence-corrected chi connectivity index (χ3v) is 4.36. The van der Waals surface area contributed by atoms with E-state index in [4.69, 9.17) is 4.74 Å². The van der Waals surface area contributed by atoms with Gasteiger partial charge in [-0.25, -0.2) is 4.79 Å². The Kier molecular flexibility index (Phi) is 7.14. The molecule has 0 spiro atoms. The summed E-state index contributed by atoms with van der Waals surface area (Å²) < 4.78 is 5.45. The van der Waals surface area contributed by atoms with Gasteiger partial charge in [-0.05, 0) is 31.5 Å². The van der Waals surface area contributed by atoms with Gasteiger partial charge in [-0.2, -0.15) is 0 Å². The summed E-state index contributed by atoms with van der Waals surface area (Å²) in [7, 11) is 0. The van der Waals surface area contributed by atoms with Gasteiger partial charge in [0.2, 0.25) is 0 Å². The van der Waals surface area contributed by atoms with Crippen molar-refractivity contribution in [2.45, 2.75) is 39.3 Å². The monoisotopic (exact) mass is 316 g/mol. The van der Waals surface area contributed by atoms with Gasteiger partial charge in [-0.3, -0.25) is 0 Å². The van der Waals surface area contributed by atoms with Crippen LogP contribution in [0.15, 0.2) is 42.5 Å². The van der Waals surface area contributed by atoms with Crippen LogP contribution >= 0.6 is 0 Å². The molecule has 1 amide bonds. The predicted molar refractivity (Wildman–Crippen MR) is 93.3 cm³/mol. The first-order chi connectivity index (χ1) is 11.2. The molecule has 1 atom stereocenters. The van der Waals surface area contributed by atoms with Crippen molar-refractivity contribution >= 4 is 6.09 Å². The van der Waals surface area contributed by atoms with E-state index in [1.807, 2.05) is 35.2 Å². The Morgan fingerprint density at radius 3 is 2.74 bits per heavy atom. The predicted octanol–water partition coefficient (Wildman–Crippen LogP) is 3.69. The van der Waals surface area contributed by atoms with Crippen molar-refractivity contribution in [3.63, 3.8) is 0 Å². The SMILES string of the molecule is CCN(CC)C/C=C/[C@H]1CCCN1C(=O)OCc1ccccc1. The minimum atomic E-state index is -0.205. The third-order valence-electron chi connectivity index (χ3n) is 4.36. The second-order valence-corrected chi connectivity index (χ2v) is 5.86. The van der Waals surface area contributed by atoms with E-state index in [1.54, 1.807) is 0 Å². The molecule has 1 aromatic carbocycles. The van der Waals surface area contributed by atoms with E-state index in [0.717, 1.165) is 44.6 Å². The van der Waals surface area contributed by atoms with Gasteiger partial charge in [0.25, 0.3) is 0 Å². The van der Waals surface area contributed by atoms with E-state index >= 15 is 0 Å². The van der Waals surface area contributed by atoms with Gasteiger partial charge >= 0.3 is 6.09 Å². The van der Waals surface area contributed by atoms with Gasteiger partial charge in [0.05, 0.1) is 6.04 Å². The van der Waals surface area contributed by atoms with E-state index in [9.17, 15) is 4.79 Å². The van der Waals surface area contributed by atoms with Gasteiger partial charge in [-0.1, -0.05) is 56.3 Å². The summed E-state index contributed by atoms with van der Waals surface area (Å²) in [6, 6.07) is 9.99. The smallest absolute Gasteiger partial charge is 0.410 e. The fraction of sp³-hybridized carbons (Fsp3) is 0.526. The number of ether oxygens (including phenoxy) is 1. The van der Waals surface area contributed by atoms with E-state index in [-0.39, 0.29) is 12.1 Å². The molecule has 1 aromatic rings. The summed E-state index contributed by atoms with van der Waals surface area (Å²) in [5, 5.41) is 0. The maximum Gasteiger partial charge on any atom is 0.410 e. The molecular weight excluding hydrogens is 288 g/mol. The van der Waals surface area contributed by atoms with Crippen LogP contribution < -0.4 is 0 Å². The second-order valence-electron chi connectivity index (χ2n) is 5.86. The summed E-state index contributed by atoms with van der Waals surface area (Å²) in [4.78, 5) is 16.5. The summed E-state index contributed by atoms with van der Waals surface area (Å²) in [5.41, 5.74) is 1.02. The Bertz CT molecular complexity index is 497. The largest absolute Gasteiger partial charge is 0.445 e. The lowest BCUT2D eigenvalue weighted by Crippen LogP contribution is -2.35. The Morgan fingerprint density at radius 1 is 1.30 bits per heavy atom. The molecule has 4 nitrogen and oxygen atoms in total. The van der Waals surface area contributed by atoms with Gasteiger partial charge in [0.15, 0.2) is 0 Å². The van der Waals surface area contributed by atoms with Crippen LogP contribution in [0.1, 0.15) is 32.3 Å². The summed E-state index contributed by atoms with van der Waals surface area (Å²) in [5.74, 6) is 0. The van der Waals surface area contributed by atoms with Crippen molar-refractivity contribution in [1.82, 2.24) is 9.80 Å². The lowest BCUT2D eigenvalue weighted by molar-refractivity contribution is 0.0974. The quantitative estimate of drug-likeness (QED) is 0.719. The first kappa shape index (κ1) is 17.5. The molecule has 0 radical (unpaired) electrons. The molecule has 0 aromatic heterocycles. The molecule has 0 saturated carbocycles. The van der Waals surface area contributed by atoms with Crippen molar-refractivity contribution in [2.75, 3.05) is 26.2 Å². The second kappa shape index (κ2) is 9.36. The Hall–Kier alpha value is -1.81. The van der Waals surface area contributed by atoms with Crippen LogP contribution in [0, 0.1) is 0 Å². The van der Waals surface area contributed by atoms with Crippen molar-refractivity contribution in [3.8, 4) is 0 Å². The molecule has 1 fully saturated rings. The fourth-order valence-electron chi connectivity index (χ4n) is 2.87. The van der Waals surface area contributed by atoms with Gasteiger partial charge in [0, 0.05) is 13.1 Å². The van der Waals surface area contributed by atoms with E-state index in [0.29, 0.717) is 6.61 Å². The zero-order valence-corrected chi connectivity index (χ0v) is 14.3. The van der Waals surface area contributed by atoms with Crippen molar-refractivity contribution in [2.24, 2.45) is 0 Å². The number of hydrogen-bond acceptors (Lipinski definition) is 3. The van der Waals surface area contributed by atoms with Gasteiger partial charge in [-0.15, -0.1) is 0 Å². The zero-order chi connectivity index (χ0) is 16.5. The van der Waals surface area contributed by atoms with Crippen LogP contribution in [0.3, 0.4) is 0 Å². The highest BCUT2D eigenvalue weighted by molar-refractivity contribution is 5.68. The number of rotatable bonds is 7. The first-order valence-electron chi connectivity index (χ1n) is 8.61. The van der Waals surface area contributed by atoms with Crippen molar-refractivity contribution < 1.29 is 9.53 Å². The van der Waals surface area contributed by atoms with Crippen LogP contribution in [0.4, 0.5) is 4.79 Å². The number of hydrogen-bond donors (Lipinski definition) is 0. The standard InChI is InChI=1S/C19H28N2O2/c1-3-20(4-2)14-8-12-18-13-9-15-21(18)19(22)23-16-17-10-6-5-7-11-17/h5-8,10-12,18H,3-4,9,13-16H2,1-2H3/b12-8+/t18-/m0/s1. The minimum Gasteiger partial charge on any atom is -0.445 e. The number of carbonyl (C=O) groups excluding carboxylic acids is 1. The van der Waals surface area contributed by atoms with E-state index in [2.05, 4.69) is 30.9 Å². The Balaban J connectivity index is 1.83. The molecule has 4 heteroatoms. The van der Waals surface area contributed by atoms with Crippen molar-refractivity contribution in [1.29, 1.82) is 0 Å². The van der Waals surface area contributed by atoms with Gasteiger partial charge < -0.3 is 14.5 Å². The molecule has 1 aliphatic rings. The number of nitrogens with zero attached hydrogens (tertiary/aromatic N) is 2. The maximum absolute atomic E-state index is 12.3. The molecule has 0 bridgehead atoms. The highest BCUT2D eigenvalue weighted by Crippen LogP contribution is 2.20. The fourth-order valence-corrected chi connectivity index (χ4v) is 2.87. The number of amides is 1. The lowest BCUT2D eigenvalue weighted by atomic mass is 10.2. The molecule has 0 unspecified atom stereocenters. The number of likely N-dealkylation sites (tertiary alicyclic amines) is 1. The zero-order valence-electron chi connectivity index (χ0n) is 14.3. The molecule has 0 N–H and O–H groups in total. The topological polar surface area (TPSA) is 32.8 Å². The van der Waals surface area contributed by atoms with Crippen LogP contribution in [-0.2, 0) is 11.3 Å². The number of benzene rings is 1. The summed E-state index contributed by atoms with van der Waals surface area (Å²) in [6.07, 6.45) is 6.20. The molecule has 126 valence electrons. The minimum absolute atomic E-state index is 0.175. The highest BCUT2D eigenvalue weighted by atomic mass is 16.6. The molecule has 1 heterocycles. The highest BCUT2D eigenvalue weighted by Gasteiger charge is 2.27. The number of carbonyl (C=O) groups is 1. The molecule has 23 heavy (non-hydrogen) atoms. The lowest BCUT2D eigenvalue weighted by Gasteiger charge is -2.22. The summed E-state index contributed by atoms with van der Waals surface area (Å²) in [6.45, 7) is 8.50. The average molecular weight is 316 g/mol. The molecule has 1 saturated heterocycles. The normalized spacial score (nSPS) is 18.0. The van der Waals surface area contributed by atoms with Crippen molar-refractivity contribution in [3.05, 3.63) is 48.0 Å². The third kappa shape index (κ3) is 5.39. The molecule has 2 rings (SSSR count). The Morgan fingerprint density at radius 2 is 2.04 bits per heavy atom. The van der Waals surface area contributed by atoms with Crippen LogP contribution in [0.2, 0.25) is 0 Å². The first-order valence-corrected chi connectivity index (χ1v) is 8.61. The number of likely N-dealkylation sites (N-methyl/N-ethyl adjacent to an activating group) is 1. The van der Waals surface area contributed by atoms with Gasteiger partial charge in [0.1, 0.15) is 6.61 Å².